The molecule has 2 aliphatic heterocycles. The molecule has 0 radical (unpaired) electrons. The Morgan fingerprint density at radius 2 is 1.92 bits per heavy atom. The van der Waals surface area contributed by atoms with Crippen molar-refractivity contribution in [3.63, 3.8) is 0 Å². The number of fused-ring (bicyclic) bond motifs is 1. The standard InChI is InChI=1S/C18H23N3O3.ClH/c1-11-3-4-14-15(8-11)18(24)21(17(14)23)10-16(22)20-6-5-12(2)7-13(20)9-19;/h3-4,8,12-13H,5-7,9-10,19H2,1-2H3;1H. The fourth-order valence-electron chi connectivity index (χ4n) is 3.58. The summed E-state index contributed by atoms with van der Waals surface area (Å²) in [7, 11) is 0. The second-order valence-electron chi connectivity index (χ2n) is 6.85. The molecule has 136 valence electrons. The van der Waals surface area contributed by atoms with Crippen LogP contribution in [0.3, 0.4) is 0 Å². The van der Waals surface area contributed by atoms with E-state index in [1.165, 1.54) is 0 Å². The molecule has 7 heteroatoms. The summed E-state index contributed by atoms with van der Waals surface area (Å²) in [5.74, 6) is -0.451. The van der Waals surface area contributed by atoms with E-state index in [1.807, 2.05) is 6.92 Å². The molecule has 2 N–H and O–H groups in total. The zero-order valence-corrected chi connectivity index (χ0v) is 15.3. The minimum atomic E-state index is -0.391. The lowest BCUT2D eigenvalue weighted by atomic mass is 9.92. The zero-order valence-electron chi connectivity index (χ0n) is 14.5. The van der Waals surface area contributed by atoms with Crippen molar-refractivity contribution in [2.24, 2.45) is 11.7 Å². The molecule has 0 aromatic heterocycles. The number of hydrogen-bond donors (Lipinski definition) is 1. The molecule has 25 heavy (non-hydrogen) atoms. The minimum absolute atomic E-state index is 0. The van der Waals surface area contributed by atoms with E-state index in [0.29, 0.717) is 30.1 Å². The number of halogens is 1. The van der Waals surface area contributed by atoms with Crippen molar-refractivity contribution in [1.82, 2.24) is 9.80 Å². The maximum Gasteiger partial charge on any atom is 0.262 e. The number of amides is 3. The summed E-state index contributed by atoms with van der Waals surface area (Å²) >= 11 is 0. The molecular weight excluding hydrogens is 342 g/mol. The summed E-state index contributed by atoms with van der Waals surface area (Å²) in [6, 6.07) is 5.14. The van der Waals surface area contributed by atoms with Gasteiger partial charge in [-0.3, -0.25) is 19.3 Å². The SMILES string of the molecule is Cc1ccc2c(c1)C(=O)N(CC(=O)N1CCC(C)CC1CN)C2=O.Cl. The third-order valence-corrected chi connectivity index (χ3v) is 4.99. The molecule has 1 aromatic rings. The minimum Gasteiger partial charge on any atom is -0.337 e. The molecule has 2 aliphatic rings. The van der Waals surface area contributed by atoms with Gasteiger partial charge in [-0.15, -0.1) is 12.4 Å². The lowest BCUT2D eigenvalue weighted by Crippen LogP contribution is -2.52. The molecule has 1 saturated heterocycles. The molecule has 1 aromatic carbocycles. The smallest absolute Gasteiger partial charge is 0.262 e. The number of aryl methyl sites for hydroxylation is 1. The maximum atomic E-state index is 12.7. The van der Waals surface area contributed by atoms with Crippen LogP contribution < -0.4 is 5.73 Å². The highest BCUT2D eigenvalue weighted by Crippen LogP contribution is 2.26. The lowest BCUT2D eigenvalue weighted by Gasteiger charge is -2.38. The van der Waals surface area contributed by atoms with Crippen LogP contribution in [0.15, 0.2) is 18.2 Å². The van der Waals surface area contributed by atoms with Crippen molar-refractivity contribution < 1.29 is 14.4 Å². The van der Waals surface area contributed by atoms with Crippen LogP contribution in [-0.4, -0.2) is 53.2 Å². The first-order chi connectivity index (χ1) is 11.4. The predicted molar refractivity (Wildman–Crippen MR) is 96.7 cm³/mol. The Morgan fingerprint density at radius 3 is 2.60 bits per heavy atom. The largest absolute Gasteiger partial charge is 0.337 e. The van der Waals surface area contributed by atoms with Crippen molar-refractivity contribution in [2.45, 2.75) is 32.7 Å². The maximum absolute atomic E-state index is 12.7. The Morgan fingerprint density at radius 1 is 1.24 bits per heavy atom. The number of rotatable bonds is 3. The van der Waals surface area contributed by atoms with Crippen LogP contribution in [0.5, 0.6) is 0 Å². The van der Waals surface area contributed by atoms with E-state index < -0.39 is 5.91 Å². The van der Waals surface area contributed by atoms with Gasteiger partial charge in [0.25, 0.3) is 11.8 Å². The molecule has 3 amide bonds. The first-order valence-corrected chi connectivity index (χ1v) is 8.38. The number of imide groups is 1. The molecule has 2 unspecified atom stereocenters. The van der Waals surface area contributed by atoms with Crippen LogP contribution in [0.25, 0.3) is 0 Å². The van der Waals surface area contributed by atoms with E-state index in [2.05, 4.69) is 6.92 Å². The number of hydrogen-bond acceptors (Lipinski definition) is 4. The molecule has 2 atom stereocenters. The van der Waals surface area contributed by atoms with Crippen molar-refractivity contribution in [2.75, 3.05) is 19.6 Å². The highest BCUT2D eigenvalue weighted by molar-refractivity contribution is 6.22. The van der Waals surface area contributed by atoms with Gasteiger partial charge in [0, 0.05) is 19.1 Å². The molecule has 2 heterocycles. The van der Waals surface area contributed by atoms with E-state index >= 15 is 0 Å². The molecule has 3 rings (SSSR count). The second kappa shape index (κ2) is 7.54. The normalized spacial score (nSPS) is 22.7. The highest BCUT2D eigenvalue weighted by atomic mass is 35.5. The third-order valence-electron chi connectivity index (χ3n) is 4.99. The van der Waals surface area contributed by atoms with Crippen LogP contribution in [0.4, 0.5) is 0 Å². The first kappa shape index (κ1) is 19.4. The van der Waals surface area contributed by atoms with Crippen molar-refractivity contribution in [1.29, 1.82) is 0 Å². The van der Waals surface area contributed by atoms with Gasteiger partial charge < -0.3 is 10.6 Å². The van der Waals surface area contributed by atoms with Crippen LogP contribution in [0.1, 0.15) is 46.0 Å². The monoisotopic (exact) mass is 365 g/mol. The molecular formula is C18H24ClN3O3. The van der Waals surface area contributed by atoms with Gasteiger partial charge in [-0.2, -0.15) is 0 Å². The van der Waals surface area contributed by atoms with Crippen molar-refractivity contribution in [3.8, 4) is 0 Å². The number of likely N-dealkylation sites (tertiary alicyclic amines) is 1. The number of carbonyl (C=O) groups is 3. The summed E-state index contributed by atoms with van der Waals surface area (Å²) in [6.45, 7) is 4.83. The topological polar surface area (TPSA) is 83.7 Å². The molecule has 0 bridgehead atoms. The van der Waals surface area contributed by atoms with Gasteiger partial charge in [0.2, 0.25) is 5.91 Å². The third kappa shape index (κ3) is 3.55. The number of piperidine rings is 1. The number of benzene rings is 1. The van der Waals surface area contributed by atoms with Crippen LogP contribution in [0, 0.1) is 12.8 Å². The Balaban J connectivity index is 0.00000225. The van der Waals surface area contributed by atoms with Crippen LogP contribution in [0.2, 0.25) is 0 Å². The Hall–Kier alpha value is -1.92. The molecule has 6 nitrogen and oxygen atoms in total. The molecule has 1 fully saturated rings. The van der Waals surface area contributed by atoms with Gasteiger partial charge in [0.1, 0.15) is 6.54 Å². The van der Waals surface area contributed by atoms with Gasteiger partial charge in [-0.25, -0.2) is 0 Å². The van der Waals surface area contributed by atoms with Gasteiger partial charge >= 0.3 is 0 Å². The van der Waals surface area contributed by atoms with E-state index in [4.69, 9.17) is 5.73 Å². The quantitative estimate of drug-likeness (QED) is 0.824. The molecule has 0 saturated carbocycles. The molecule has 0 aliphatic carbocycles. The summed E-state index contributed by atoms with van der Waals surface area (Å²) in [5.41, 5.74) is 7.47. The van der Waals surface area contributed by atoms with E-state index in [1.54, 1.807) is 23.1 Å². The summed E-state index contributed by atoms with van der Waals surface area (Å²) in [4.78, 5) is 40.4. The van der Waals surface area contributed by atoms with Gasteiger partial charge in [-0.05, 0) is 37.8 Å². The number of nitrogens with two attached hydrogens (primary N) is 1. The predicted octanol–water partition coefficient (Wildman–Crippen LogP) is 1.60. The van der Waals surface area contributed by atoms with Gasteiger partial charge in [0.15, 0.2) is 0 Å². The van der Waals surface area contributed by atoms with Crippen LogP contribution in [-0.2, 0) is 4.79 Å². The zero-order chi connectivity index (χ0) is 17.4. The first-order valence-electron chi connectivity index (χ1n) is 8.38. The van der Waals surface area contributed by atoms with Crippen LogP contribution >= 0.6 is 12.4 Å². The second-order valence-corrected chi connectivity index (χ2v) is 6.85. The average molecular weight is 366 g/mol. The number of nitrogens with zero attached hydrogens (tertiary/aromatic N) is 2. The van der Waals surface area contributed by atoms with Gasteiger partial charge in [0.05, 0.1) is 11.1 Å². The summed E-state index contributed by atoms with van der Waals surface area (Å²) in [6.07, 6.45) is 1.78. The Kier molecular flexibility index (Phi) is 5.85. The fraction of sp³-hybridized carbons (Fsp3) is 0.500. The van der Waals surface area contributed by atoms with Crippen molar-refractivity contribution >= 4 is 30.1 Å². The summed E-state index contributed by atoms with van der Waals surface area (Å²) < 4.78 is 0. The highest BCUT2D eigenvalue weighted by Gasteiger charge is 2.38. The summed E-state index contributed by atoms with van der Waals surface area (Å²) in [5, 5.41) is 0. The lowest BCUT2D eigenvalue weighted by molar-refractivity contribution is -0.135. The Labute approximate surface area is 153 Å². The Bertz CT molecular complexity index is 707. The number of carbonyl (C=O) groups excluding carboxylic acids is 3. The average Bonchev–Trinajstić information content (AvgIpc) is 2.79. The van der Waals surface area contributed by atoms with E-state index in [9.17, 15) is 14.4 Å². The van der Waals surface area contributed by atoms with E-state index in [-0.39, 0.29) is 36.8 Å². The fourth-order valence-corrected chi connectivity index (χ4v) is 3.58. The van der Waals surface area contributed by atoms with Gasteiger partial charge in [-0.1, -0.05) is 18.6 Å². The van der Waals surface area contributed by atoms with E-state index in [0.717, 1.165) is 23.3 Å². The van der Waals surface area contributed by atoms with Crippen molar-refractivity contribution in [3.05, 3.63) is 34.9 Å². The molecule has 0 spiro atoms.